The Morgan fingerprint density at radius 2 is 1.85 bits per heavy atom. The summed E-state index contributed by atoms with van der Waals surface area (Å²) in [5, 5.41) is 25.3. The molecule has 0 saturated heterocycles. The van der Waals surface area contributed by atoms with Crippen LogP contribution in [0, 0.1) is 10.1 Å². The van der Waals surface area contributed by atoms with Crippen LogP contribution in [-0.4, -0.2) is 25.9 Å². The molecular formula is C22H12BrF3N4O4. The van der Waals surface area contributed by atoms with Crippen LogP contribution in [0.4, 0.5) is 18.9 Å². The second-order valence-corrected chi connectivity index (χ2v) is 7.87. The Labute approximate surface area is 196 Å². The van der Waals surface area contributed by atoms with E-state index in [4.69, 9.17) is 0 Å². The molecule has 4 aromatic rings. The largest absolute Gasteiger partial charge is 0.501 e. The van der Waals surface area contributed by atoms with E-state index in [1.807, 2.05) is 0 Å². The number of phenols is 1. The van der Waals surface area contributed by atoms with E-state index < -0.39 is 33.7 Å². The highest BCUT2D eigenvalue weighted by atomic mass is 79.9. The molecule has 0 fully saturated rings. The van der Waals surface area contributed by atoms with E-state index in [1.54, 1.807) is 18.2 Å². The van der Waals surface area contributed by atoms with Gasteiger partial charge in [-0.05, 0) is 46.3 Å². The topological polar surface area (TPSA) is 111 Å². The van der Waals surface area contributed by atoms with Crippen LogP contribution in [0.3, 0.4) is 0 Å². The molecule has 0 aliphatic rings. The maximum atomic E-state index is 13.3. The van der Waals surface area contributed by atoms with Crippen molar-refractivity contribution in [1.82, 2.24) is 9.66 Å². The number of alkyl halides is 3. The Hall–Kier alpha value is -4.06. The van der Waals surface area contributed by atoms with Crippen molar-refractivity contribution in [1.29, 1.82) is 0 Å². The monoisotopic (exact) mass is 532 g/mol. The summed E-state index contributed by atoms with van der Waals surface area (Å²) in [5.74, 6) is -0.741. The van der Waals surface area contributed by atoms with Crippen LogP contribution in [0.25, 0.3) is 22.3 Å². The van der Waals surface area contributed by atoms with Gasteiger partial charge >= 0.3 is 11.9 Å². The first-order chi connectivity index (χ1) is 16.1. The Kier molecular flexibility index (Phi) is 5.92. The van der Waals surface area contributed by atoms with Crippen molar-refractivity contribution in [3.63, 3.8) is 0 Å². The number of nitrogens with zero attached hydrogens (tertiary/aromatic N) is 4. The minimum atomic E-state index is -4.61. The fraction of sp³-hybridized carbons (Fsp3) is 0.0455. The van der Waals surface area contributed by atoms with Gasteiger partial charge < -0.3 is 5.11 Å². The van der Waals surface area contributed by atoms with Crippen LogP contribution in [0.15, 0.2) is 75.0 Å². The Morgan fingerprint density at radius 1 is 1.12 bits per heavy atom. The van der Waals surface area contributed by atoms with E-state index in [0.29, 0.717) is 0 Å². The number of hydrogen-bond donors (Lipinski definition) is 1. The van der Waals surface area contributed by atoms with Gasteiger partial charge in [-0.25, -0.2) is 4.98 Å². The van der Waals surface area contributed by atoms with Crippen LogP contribution in [0.5, 0.6) is 5.75 Å². The molecule has 1 heterocycles. The molecule has 4 rings (SSSR count). The third-order valence-corrected chi connectivity index (χ3v) is 5.39. The van der Waals surface area contributed by atoms with Crippen molar-refractivity contribution in [2.75, 3.05) is 0 Å². The van der Waals surface area contributed by atoms with Gasteiger partial charge in [0, 0.05) is 17.2 Å². The molecule has 0 amide bonds. The molecular weight excluding hydrogens is 521 g/mol. The minimum absolute atomic E-state index is 0.00676. The van der Waals surface area contributed by atoms with Crippen molar-refractivity contribution in [3.8, 4) is 17.1 Å². The molecule has 0 unspecified atom stereocenters. The lowest BCUT2D eigenvalue weighted by Crippen LogP contribution is -2.20. The second-order valence-electron chi connectivity index (χ2n) is 7.02. The zero-order chi connectivity index (χ0) is 24.6. The Morgan fingerprint density at radius 3 is 2.56 bits per heavy atom. The lowest BCUT2D eigenvalue weighted by atomic mass is 10.1. The van der Waals surface area contributed by atoms with Gasteiger partial charge in [0.05, 0.1) is 32.1 Å². The zero-order valence-electron chi connectivity index (χ0n) is 16.8. The minimum Gasteiger partial charge on any atom is -0.501 e. The summed E-state index contributed by atoms with van der Waals surface area (Å²) in [4.78, 5) is 27.9. The third kappa shape index (κ3) is 4.39. The number of para-hydroxylation sites is 1. The summed E-state index contributed by atoms with van der Waals surface area (Å²) in [6.45, 7) is 0. The van der Waals surface area contributed by atoms with Gasteiger partial charge in [0.15, 0.2) is 5.82 Å². The Balaban J connectivity index is 1.94. The highest BCUT2D eigenvalue weighted by Crippen LogP contribution is 2.35. The van der Waals surface area contributed by atoms with Crippen molar-refractivity contribution in [3.05, 3.63) is 96.7 Å². The van der Waals surface area contributed by atoms with Crippen LogP contribution in [0.2, 0.25) is 0 Å². The van der Waals surface area contributed by atoms with E-state index in [9.17, 15) is 33.2 Å². The van der Waals surface area contributed by atoms with E-state index in [2.05, 4.69) is 26.0 Å². The lowest BCUT2D eigenvalue weighted by Gasteiger charge is -2.12. The highest BCUT2D eigenvalue weighted by Gasteiger charge is 2.31. The molecule has 0 aliphatic heterocycles. The second kappa shape index (κ2) is 8.71. The normalized spacial score (nSPS) is 11.9. The number of fused-ring (bicyclic) bond motifs is 1. The average Bonchev–Trinajstić information content (AvgIpc) is 2.79. The predicted molar refractivity (Wildman–Crippen MR) is 122 cm³/mol. The fourth-order valence-electron chi connectivity index (χ4n) is 3.20. The standard InChI is InChI=1S/C22H12BrF3N4O4/c23-16-8-12(9-18(19(16)31)30(33)34)11-27-29-20(13-4-3-5-14(10-13)22(24,25)26)28-17-7-2-1-6-15(17)21(29)32/h1-11,31H. The number of nitro benzene ring substituents is 1. The molecule has 0 bridgehead atoms. The molecule has 0 aliphatic carbocycles. The summed E-state index contributed by atoms with van der Waals surface area (Å²) < 4.78 is 40.6. The first kappa shape index (κ1) is 23.1. The molecule has 8 nitrogen and oxygen atoms in total. The maximum absolute atomic E-state index is 13.3. The van der Waals surface area contributed by atoms with Crippen LogP contribution >= 0.6 is 15.9 Å². The Bertz CT molecular complexity index is 1530. The van der Waals surface area contributed by atoms with Crippen molar-refractivity contribution in [2.24, 2.45) is 5.10 Å². The van der Waals surface area contributed by atoms with E-state index in [1.165, 1.54) is 24.3 Å². The molecule has 34 heavy (non-hydrogen) atoms. The SMILES string of the molecule is O=c1c2ccccc2nc(-c2cccc(C(F)(F)F)c2)n1N=Cc1cc(Br)c(O)c([N+](=O)[O-])c1. The summed E-state index contributed by atoms with van der Waals surface area (Å²) in [6.07, 6.45) is -3.51. The smallest absolute Gasteiger partial charge is 0.416 e. The molecule has 1 aromatic heterocycles. The average molecular weight is 533 g/mol. The third-order valence-electron chi connectivity index (χ3n) is 4.79. The molecule has 12 heteroatoms. The zero-order valence-corrected chi connectivity index (χ0v) is 18.4. The summed E-state index contributed by atoms with van der Waals surface area (Å²) in [5.41, 5.74) is -1.78. The molecule has 0 saturated carbocycles. The number of phenolic OH excluding ortho intramolecular Hbond substituents is 1. The summed E-state index contributed by atoms with van der Waals surface area (Å²) in [7, 11) is 0. The van der Waals surface area contributed by atoms with E-state index in [-0.39, 0.29) is 32.3 Å². The van der Waals surface area contributed by atoms with Gasteiger partial charge in [0.25, 0.3) is 5.56 Å². The first-order valence-corrected chi connectivity index (χ1v) is 10.3. The number of rotatable bonds is 4. The number of hydrogen-bond acceptors (Lipinski definition) is 6. The van der Waals surface area contributed by atoms with E-state index >= 15 is 0 Å². The van der Waals surface area contributed by atoms with Crippen LogP contribution in [-0.2, 0) is 6.18 Å². The van der Waals surface area contributed by atoms with E-state index in [0.717, 1.165) is 29.1 Å². The fourth-order valence-corrected chi connectivity index (χ4v) is 3.66. The number of benzene rings is 3. The lowest BCUT2D eigenvalue weighted by molar-refractivity contribution is -0.386. The van der Waals surface area contributed by atoms with Crippen molar-refractivity contribution < 1.29 is 23.2 Å². The van der Waals surface area contributed by atoms with Crippen molar-refractivity contribution >= 4 is 38.7 Å². The molecule has 1 N–H and O–H groups in total. The first-order valence-electron chi connectivity index (χ1n) is 9.47. The number of aromatic nitrogens is 2. The molecule has 172 valence electrons. The molecule has 3 aromatic carbocycles. The van der Waals surface area contributed by atoms with Gasteiger partial charge in [-0.2, -0.15) is 22.9 Å². The van der Waals surface area contributed by atoms with Gasteiger partial charge in [-0.3, -0.25) is 14.9 Å². The van der Waals surface area contributed by atoms with Gasteiger partial charge in [-0.15, -0.1) is 0 Å². The van der Waals surface area contributed by atoms with Gasteiger partial charge in [0.2, 0.25) is 5.75 Å². The van der Waals surface area contributed by atoms with Gasteiger partial charge in [-0.1, -0.05) is 24.3 Å². The van der Waals surface area contributed by atoms with Crippen molar-refractivity contribution in [2.45, 2.75) is 6.18 Å². The molecule has 0 atom stereocenters. The quantitative estimate of drug-likeness (QED) is 0.216. The number of halogens is 4. The number of aromatic hydroxyl groups is 1. The predicted octanol–water partition coefficient (Wildman–Crippen LogP) is 5.34. The maximum Gasteiger partial charge on any atom is 0.416 e. The van der Waals surface area contributed by atoms with Crippen LogP contribution < -0.4 is 5.56 Å². The molecule has 0 radical (unpaired) electrons. The van der Waals surface area contributed by atoms with Crippen LogP contribution in [0.1, 0.15) is 11.1 Å². The summed E-state index contributed by atoms with van der Waals surface area (Å²) in [6, 6.07) is 12.9. The molecule has 0 spiro atoms. The highest BCUT2D eigenvalue weighted by molar-refractivity contribution is 9.10. The van der Waals surface area contributed by atoms with Gasteiger partial charge in [0.1, 0.15) is 0 Å². The number of nitro groups is 1. The summed E-state index contributed by atoms with van der Waals surface area (Å²) >= 11 is 3.01.